The quantitative estimate of drug-likeness (QED) is 0.630. The van der Waals surface area contributed by atoms with Gasteiger partial charge in [-0.25, -0.2) is 0 Å². The molecule has 1 aromatic rings. The van der Waals surface area contributed by atoms with Gasteiger partial charge in [-0.3, -0.25) is 29.4 Å². The largest absolute Gasteiger partial charge is 0.295 e. The Hall–Kier alpha value is -2.15. The summed E-state index contributed by atoms with van der Waals surface area (Å²) in [4.78, 5) is 49.2. The standard InChI is InChI=1S/C13H10N2O4S/c1-20-6-2-3-7-8(4-6)13(19)15(12(7)18)9-5-10(16)14-11(9)17/h2-4,9H,5H2,1H3,(H,14,16,17). The Morgan fingerprint density at radius 2 is 1.85 bits per heavy atom. The molecule has 1 saturated heterocycles. The normalized spacial score (nSPS) is 21.4. The highest BCUT2D eigenvalue weighted by Crippen LogP contribution is 2.30. The van der Waals surface area contributed by atoms with Crippen molar-refractivity contribution in [3.63, 3.8) is 0 Å². The summed E-state index contributed by atoms with van der Waals surface area (Å²) < 4.78 is 0. The van der Waals surface area contributed by atoms with Crippen LogP contribution in [0.15, 0.2) is 23.1 Å². The summed E-state index contributed by atoms with van der Waals surface area (Å²) in [6.07, 6.45) is 1.70. The molecule has 1 unspecified atom stereocenters. The fourth-order valence-electron chi connectivity index (χ4n) is 2.40. The molecule has 102 valence electrons. The van der Waals surface area contributed by atoms with E-state index in [9.17, 15) is 19.2 Å². The monoisotopic (exact) mass is 290 g/mol. The van der Waals surface area contributed by atoms with E-state index < -0.39 is 29.7 Å². The minimum Gasteiger partial charge on any atom is -0.295 e. The molecule has 7 heteroatoms. The minimum atomic E-state index is -1.03. The van der Waals surface area contributed by atoms with Crippen LogP contribution in [0.2, 0.25) is 0 Å². The molecule has 0 spiro atoms. The lowest BCUT2D eigenvalue weighted by Crippen LogP contribution is -2.44. The van der Waals surface area contributed by atoms with Crippen LogP contribution in [0.25, 0.3) is 0 Å². The van der Waals surface area contributed by atoms with E-state index in [1.54, 1.807) is 18.2 Å². The third kappa shape index (κ3) is 1.74. The summed E-state index contributed by atoms with van der Waals surface area (Å²) in [5, 5.41) is 2.11. The zero-order valence-corrected chi connectivity index (χ0v) is 11.3. The van der Waals surface area contributed by atoms with Crippen LogP contribution in [-0.4, -0.2) is 40.8 Å². The van der Waals surface area contributed by atoms with Gasteiger partial charge in [0.25, 0.3) is 11.8 Å². The Morgan fingerprint density at radius 1 is 1.15 bits per heavy atom. The first-order valence-corrected chi connectivity index (χ1v) is 7.15. The highest BCUT2D eigenvalue weighted by Gasteiger charge is 2.46. The van der Waals surface area contributed by atoms with E-state index >= 15 is 0 Å². The lowest BCUT2D eigenvalue weighted by atomic mass is 10.1. The molecule has 2 aliphatic heterocycles. The van der Waals surface area contributed by atoms with Gasteiger partial charge in [0, 0.05) is 4.90 Å². The number of amides is 4. The topological polar surface area (TPSA) is 83.6 Å². The summed E-state index contributed by atoms with van der Waals surface area (Å²) in [6.45, 7) is 0. The predicted molar refractivity (Wildman–Crippen MR) is 70.3 cm³/mol. The Kier molecular flexibility index (Phi) is 2.86. The van der Waals surface area contributed by atoms with Gasteiger partial charge in [0.05, 0.1) is 17.5 Å². The summed E-state index contributed by atoms with van der Waals surface area (Å²) >= 11 is 1.46. The molecule has 0 radical (unpaired) electrons. The summed E-state index contributed by atoms with van der Waals surface area (Å²) in [5.74, 6) is -2.11. The molecular weight excluding hydrogens is 280 g/mol. The number of nitrogens with one attached hydrogen (secondary N) is 1. The lowest BCUT2D eigenvalue weighted by molar-refractivity contribution is -0.125. The fraction of sp³-hybridized carbons (Fsp3) is 0.231. The maximum atomic E-state index is 12.3. The van der Waals surface area contributed by atoms with Gasteiger partial charge >= 0.3 is 0 Å². The van der Waals surface area contributed by atoms with Crippen LogP contribution in [0.5, 0.6) is 0 Å². The molecule has 1 aromatic carbocycles. The van der Waals surface area contributed by atoms with Gasteiger partial charge in [-0.05, 0) is 24.5 Å². The van der Waals surface area contributed by atoms with Crippen LogP contribution < -0.4 is 5.32 Å². The van der Waals surface area contributed by atoms with Crippen LogP contribution in [0.3, 0.4) is 0 Å². The van der Waals surface area contributed by atoms with Crippen molar-refractivity contribution in [2.24, 2.45) is 0 Å². The maximum absolute atomic E-state index is 12.3. The summed E-state index contributed by atoms with van der Waals surface area (Å²) in [6, 6.07) is 3.93. The molecule has 6 nitrogen and oxygen atoms in total. The molecular formula is C13H10N2O4S. The van der Waals surface area contributed by atoms with Crippen molar-refractivity contribution in [2.45, 2.75) is 17.4 Å². The molecule has 20 heavy (non-hydrogen) atoms. The first kappa shape index (κ1) is 12.9. The molecule has 1 atom stereocenters. The van der Waals surface area contributed by atoms with Crippen molar-refractivity contribution in [3.05, 3.63) is 29.3 Å². The van der Waals surface area contributed by atoms with Crippen LogP contribution in [0, 0.1) is 0 Å². The average Bonchev–Trinajstić information content (AvgIpc) is 2.87. The van der Waals surface area contributed by atoms with Gasteiger partial charge in [0.2, 0.25) is 11.8 Å². The van der Waals surface area contributed by atoms with Gasteiger partial charge in [-0.15, -0.1) is 11.8 Å². The highest BCUT2D eigenvalue weighted by molar-refractivity contribution is 7.98. The number of thioether (sulfide) groups is 1. The lowest BCUT2D eigenvalue weighted by Gasteiger charge is -2.18. The third-order valence-electron chi connectivity index (χ3n) is 3.38. The first-order valence-electron chi connectivity index (χ1n) is 5.92. The second kappa shape index (κ2) is 4.45. The van der Waals surface area contributed by atoms with Gasteiger partial charge in [-0.2, -0.15) is 0 Å². The maximum Gasteiger partial charge on any atom is 0.262 e. The van der Waals surface area contributed by atoms with E-state index in [1.807, 2.05) is 6.26 Å². The Bertz CT molecular complexity index is 670. The minimum absolute atomic E-state index is 0.167. The average molecular weight is 290 g/mol. The highest BCUT2D eigenvalue weighted by atomic mass is 32.2. The van der Waals surface area contributed by atoms with Crippen molar-refractivity contribution in [2.75, 3.05) is 6.26 Å². The second-order valence-corrected chi connectivity index (χ2v) is 5.40. The predicted octanol–water partition coefficient (Wildman–Crippen LogP) is 0.420. The number of imide groups is 2. The molecule has 1 N–H and O–H groups in total. The second-order valence-electron chi connectivity index (χ2n) is 4.52. The van der Waals surface area contributed by atoms with E-state index in [2.05, 4.69) is 5.32 Å². The van der Waals surface area contributed by atoms with E-state index in [0.29, 0.717) is 0 Å². The van der Waals surface area contributed by atoms with Gasteiger partial charge in [0.15, 0.2) is 0 Å². The third-order valence-corrected chi connectivity index (χ3v) is 4.11. The van der Waals surface area contributed by atoms with E-state index in [-0.39, 0.29) is 17.5 Å². The van der Waals surface area contributed by atoms with Crippen LogP contribution in [0.1, 0.15) is 27.1 Å². The number of benzene rings is 1. The number of hydrogen-bond acceptors (Lipinski definition) is 5. The number of fused-ring (bicyclic) bond motifs is 1. The summed E-state index contributed by atoms with van der Waals surface area (Å²) in [5.41, 5.74) is 0.564. The Morgan fingerprint density at radius 3 is 2.45 bits per heavy atom. The Balaban J connectivity index is 2.01. The molecule has 0 aliphatic carbocycles. The smallest absolute Gasteiger partial charge is 0.262 e. The molecule has 1 fully saturated rings. The van der Waals surface area contributed by atoms with E-state index in [1.165, 1.54) is 11.8 Å². The van der Waals surface area contributed by atoms with Gasteiger partial charge in [-0.1, -0.05) is 0 Å². The van der Waals surface area contributed by atoms with Crippen LogP contribution >= 0.6 is 11.8 Å². The van der Waals surface area contributed by atoms with Crippen LogP contribution in [-0.2, 0) is 9.59 Å². The van der Waals surface area contributed by atoms with Crippen molar-refractivity contribution in [1.82, 2.24) is 10.2 Å². The van der Waals surface area contributed by atoms with E-state index in [0.717, 1.165) is 9.80 Å². The molecule has 0 saturated carbocycles. The molecule has 2 aliphatic rings. The number of nitrogens with zero attached hydrogens (tertiary/aromatic N) is 1. The number of hydrogen-bond donors (Lipinski definition) is 1. The summed E-state index contributed by atoms with van der Waals surface area (Å²) in [7, 11) is 0. The number of rotatable bonds is 2. The van der Waals surface area contributed by atoms with Gasteiger partial charge < -0.3 is 0 Å². The number of carbonyl (C=O) groups is 4. The zero-order valence-electron chi connectivity index (χ0n) is 10.5. The number of carbonyl (C=O) groups excluding carboxylic acids is 4. The fourth-order valence-corrected chi connectivity index (χ4v) is 2.84. The molecule has 2 heterocycles. The van der Waals surface area contributed by atoms with Crippen molar-refractivity contribution < 1.29 is 19.2 Å². The Labute approximate surface area is 118 Å². The van der Waals surface area contributed by atoms with E-state index in [4.69, 9.17) is 0 Å². The molecule has 0 aromatic heterocycles. The van der Waals surface area contributed by atoms with Crippen LogP contribution in [0.4, 0.5) is 0 Å². The SMILES string of the molecule is CSc1ccc2c(c1)C(=O)N(C1CC(=O)NC1=O)C2=O. The van der Waals surface area contributed by atoms with Crippen molar-refractivity contribution in [3.8, 4) is 0 Å². The van der Waals surface area contributed by atoms with Crippen molar-refractivity contribution >= 4 is 35.4 Å². The zero-order chi connectivity index (χ0) is 14.4. The van der Waals surface area contributed by atoms with Gasteiger partial charge in [0.1, 0.15) is 6.04 Å². The first-order chi connectivity index (χ1) is 9.52. The molecule has 3 rings (SSSR count). The molecule has 0 bridgehead atoms. The van der Waals surface area contributed by atoms with Crippen molar-refractivity contribution in [1.29, 1.82) is 0 Å². The molecule has 4 amide bonds.